The fourth-order valence-electron chi connectivity index (χ4n) is 0.945. The van der Waals surface area contributed by atoms with E-state index in [1.54, 1.807) is 12.1 Å². The molecule has 0 spiro atoms. The van der Waals surface area contributed by atoms with Gasteiger partial charge in [-0.2, -0.15) is 0 Å². The van der Waals surface area contributed by atoms with Crippen LogP contribution in [0.25, 0.3) is 0 Å². The van der Waals surface area contributed by atoms with E-state index in [0.717, 1.165) is 0 Å². The number of hydrogen-bond donors (Lipinski definition) is 1. The van der Waals surface area contributed by atoms with E-state index in [1.807, 2.05) is 0 Å². The molecule has 82 valence electrons. The number of pyridine rings is 1. The van der Waals surface area contributed by atoms with Crippen LogP contribution in [0.4, 0.5) is 5.69 Å². The van der Waals surface area contributed by atoms with Gasteiger partial charge in [-0.3, -0.25) is 4.79 Å². The van der Waals surface area contributed by atoms with Gasteiger partial charge in [-0.15, -0.1) is 11.6 Å². The Morgan fingerprint density at radius 2 is 2.27 bits per heavy atom. The zero-order valence-corrected chi connectivity index (χ0v) is 10.9. The van der Waals surface area contributed by atoms with Gasteiger partial charge in [-0.1, -0.05) is 11.6 Å². The standard InChI is InChI=1S/C9H9BrCl2N2O/c10-7-4-3-6(9(12)14-7)13-8(15)2-1-5-11/h3-4H,1-2,5H2,(H,13,15). The second-order valence-electron chi connectivity index (χ2n) is 2.81. The van der Waals surface area contributed by atoms with Gasteiger partial charge in [0, 0.05) is 12.3 Å². The van der Waals surface area contributed by atoms with Gasteiger partial charge in [0.05, 0.1) is 5.69 Å². The number of aromatic nitrogens is 1. The topological polar surface area (TPSA) is 42.0 Å². The highest BCUT2D eigenvalue weighted by molar-refractivity contribution is 9.10. The lowest BCUT2D eigenvalue weighted by atomic mass is 10.3. The van der Waals surface area contributed by atoms with Crippen molar-refractivity contribution < 1.29 is 4.79 Å². The maximum absolute atomic E-state index is 11.3. The summed E-state index contributed by atoms with van der Waals surface area (Å²) in [4.78, 5) is 15.3. The number of alkyl halides is 1. The molecule has 0 aromatic carbocycles. The van der Waals surface area contributed by atoms with Gasteiger partial charge in [0.1, 0.15) is 4.60 Å². The highest BCUT2D eigenvalue weighted by atomic mass is 79.9. The number of nitrogens with zero attached hydrogens (tertiary/aromatic N) is 1. The fraction of sp³-hybridized carbons (Fsp3) is 0.333. The molecular formula is C9H9BrCl2N2O. The molecule has 0 aliphatic rings. The molecule has 0 atom stereocenters. The molecule has 0 saturated heterocycles. The molecule has 1 heterocycles. The number of amides is 1. The van der Waals surface area contributed by atoms with Gasteiger partial charge in [0.15, 0.2) is 5.15 Å². The summed E-state index contributed by atoms with van der Waals surface area (Å²) in [5.41, 5.74) is 0.513. The summed E-state index contributed by atoms with van der Waals surface area (Å²) in [6.45, 7) is 0. The van der Waals surface area contributed by atoms with E-state index >= 15 is 0 Å². The van der Waals surface area contributed by atoms with Gasteiger partial charge >= 0.3 is 0 Å². The lowest BCUT2D eigenvalue weighted by Gasteiger charge is -2.05. The first-order chi connectivity index (χ1) is 7.13. The summed E-state index contributed by atoms with van der Waals surface area (Å²) in [6.07, 6.45) is 1.03. The zero-order chi connectivity index (χ0) is 11.3. The SMILES string of the molecule is O=C(CCCCl)Nc1ccc(Br)nc1Cl. The van der Waals surface area contributed by atoms with Crippen molar-refractivity contribution in [1.29, 1.82) is 0 Å². The quantitative estimate of drug-likeness (QED) is 0.683. The minimum Gasteiger partial charge on any atom is -0.323 e. The van der Waals surface area contributed by atoms with Crippen molar-refractivity contribution in [3.63, 3.8) is 0 Å². The molecule has 0 aliphatic heterocycles. The van der Waals surface area contributed by atoms with Gasteiger partial charge in [0.2, 0.25) is 5.91 Å². The minimum absolute atomic E-state index is 0.110. The van der Waals surface area contributed by atoms with Crippen molar-refractivity contribution in [3.8, 4) is 0 Å². The lowest BCUT2D eigenvalue weighted by Crippen LogP contribution is -2.11. The van der Waals surface area contributed by atoms with E-state index in [-0.39, 0.29) is 11.1 Å². The molecule has 0 unspecified atom stereocenters. The second kappa shape index (κ2) is 6.30. The smallest absolute Gasteiger partial charge is 0.224 e. The molecule has 0 aliphatic carbocycles. The summed E-state index contributed by atoms with van der Waals surface area (Å²) in [5, 5.41) is 2.93. The Morgan fingerprint density at radius 3 is 2.87 bits per heavy atom. The normalized spacial score (nSPS) is 10.1. The predicted molar refractivity (Wildman–Crippen MR) is 65.5 cm³/mol. The number of nitrogens with one attached hydrogen (secondary N) is 1. The number of carbonyl (C=O) groups is 1. The molecule has 1 N–H and O–H groups in total. The number of rotatable bonds is 4. The van der Waals surface area contributed by atoms with Crippen LogP contribution in [0.15, 0.2) is 16.7 Å². The van der Waals surface area contributed by atoms with Crippen molar-refractivity contribution in [2.24, 2.45) is 0 Å². The molecule has 0 fully saturated rings. The van der Waals surface area contributed by atoms with Gasteiger partial charge < -0.3 is 5.32 Å². The Kier molecular flexibility index (Phi) is 5.36. The first-order valence-corrected chi connectivity index (χ1v) is 6.02. The molecule has 0 saturated carbocycles. The van der Waals surface area contributed by atoms with E-state index in [2.05, 4.69) is 26.2 Å². The molecule has 6 heteroatoms. The van der Waals surface area contributed by atoms with Crippen LogP contribution < -0.4 is 5.32 Å². The predicted octanol–water partition coefficient (Wildman–Crippen LogP) is 3.46. The van der Waals surface area contributed by atoms with Crippen LogP contribution in [0.5, 0.6) is 0 Å². The lowest BCUT2D eigenvalue weighted by molar-refractivity contribution is -0.116. The zero-order valence-electron chi connectivity index (χ0n) is 7.77. The largest absolute Gasteiger partial charge is 0.323 e. The third-order valence-corrected chi connectivity index (χ3v) is 2.62. The van der Waals surface area contributed by atoms with Crippen LogP contribution >= 0.6 is 39.1 Å². The van der Waals surface area contributed by atoms with E-state index in [1.165, 1.54) is 0 Å². The van der Waals surface area contributed by atoms with Crippen LogP contribution in [0, 0.1) is 0 Å². The molecular weight excluding hydrogens is 303 g/mol. The van der Waals surface area contributed by atoms with E-state index in [9.17, 15) is 4.79 Å². The van der Waals surface area contributed by atoms with E-state index in [0.29, 0.717) is 29.0 Å². The summed E-state index contributed by atoms with van der Waals surface area (Å²) < 4.78 is 0.631. The summed E-state index contributed by atoms with van der Waals surface area (Å²) in [6, 6.07) is 3.40. The molecule has 3 nitrogen and oxygen atoms in total. The van der Waals surface area contributed by atoms with Crippen LogP contribution in [0.2, 0.25) is 5.15 Å². The summed E-state index contributed by atoms with van der Waals surface area (Å²) in [7, 11) is 0. The van der Waals surface area contributed by atoms with Crippen molar-refractivity contribution in [2.75, 3.05) is 11.2 Å². The van der Waals surface area contributed by atoms with Crippen LogP contribution in [-0.4, -0.2) is 16.8 Å². The van der Waals surface area contributed by atoms with Gasteiger partial charge in [-0.05, 0) is 34.5 Å². The highest BCUT2D eigenvalue weighted by Gasteiger charge is 2.06. The fourth-order valence-corrected chi connectivity index (χ4v) is 1.69. The molecule has 0 bridgehead atoms. The maximum atomic E-state index is 11.3. The Bertz CT molecular complexity index is 360. The monoisotopic (exact) mass is 310 g/mol. The van der Waals surface area contributed by atoms with Gasteiger partial charge in [-0.25, -0.2) is 4.98 Å². The first kappa shape index (κ1) is 12.7. The summed E-state index contributed by atoms with van der Waals surface area (Å²) in [5.74, 6) is 0.362. The van der Waals surface area contributed by atoms with Crippen molar-refractivity contribution in [2.45, 2.75) is 12.8 Å². The van der Waals surface area contributed by atoms with Gasteiger partial charge in [0.25, 0.3) is 0 Å². The van der Waals surface area contributed by atoms with E-state index in [4.69, 9.17) is 23.2 Å². The number of halogens is 3. The first-order valence-electron chi connectivity index (χ1n) is 4.31. The van der Waals surface area contributed by atoms with Crippen LogP contribution in [0.1, 0.15) is 12.8 Å². The number of anilines is 1. The Labute approximate surface area is 106 Å². The Hall–Kier alpha value is -0.320. The molecule has 1 aromatic heterocycles. The highest BCUT2D eigenvalue weighted by Crippen LogP contribution is 2.21. The van der Waals surface area contributed by atoms with Crippen molar-refractivity contribution >= 4 is 50.7 Å². The molecule has 1 amide bonds. The third kappa shape index (κ3) is 4.36. The molecule has 0 radical (unpaired) electrons. The number of carbonyl (C=O) groups excluding carboxylic acids is 1. The maximum Gasteiger partial charge on any atom is 0.224 e. The van der Waals surface area contributed by atoms with Crippen LogP contribution in [0.3, 0.4) is 0 Å². The Morgan fingerprint density at radius 1 is 1.53 bits per heavy atom. The molecule has 15 heavy (non-hydrogen) atoms. The third-order valence-electron chi connectivity index (χ3n) is 1.63. The van der Waals surface area contributed by atoms with Crippen molar-refractivity contribution in [1.82, 2.24) is 4.98 Å². The average molecular weight is 312 g/mol. The van der Waals surface area contributed by atoms with Crippen molar-refractivity contribution in [3.05, 3.63) is 21.9 Å². The minimum atomic E-state index is -0.110. The molecule has 1 aromatic rings. The van der Waals surface area contributed by atoms with Crippen LogP contribution in [-0.2, 0) is 4.79 Å². The summed E-state index contributed by atoms with van der Waals surface area (Å²) >= 11 is 14.5. The number of hydrogen-bond acceptors (Lipinski definition) is 2. The molecule has 1 rings (SSSR count). The average Bonchev–Trinajstić information content (AvgIpc) is 2.19. The Balaban J connectivity index is 2.60. The van der Waals surface area contributed by atoms with E-state index < -0.39 is 0 Å². The second-order valence-corrected chi connectivity index (χ2v) is 4.36.